The molecule has 0 saturated heterocycles. The maximum atomic E-state index is 4.71. The van der Waals surface area contributed by atoms with Gasteiger partial charge in [-0.3, -0.25) is 4.57 Å². The van der Waals surface area contributed by atoms with Crippen LogP contribution in [-0.4, -0.2) is 9.55 Å². The smallest absolute Gasteiger partial charge is 0.144 e. The summed E-state index contributed by atoms with van der Waals surface area (Å²) in [6.45, 7) is 8.99. The predicted octanol–water partition coefficient (Wildman–Crippen LogP) is 7.26. The molecule has 2 aromatic carbocycles. The van der Waals surface area contributed by atoms with Crippen molar-refractivity contribution in [3.8, 4) is 27.5 Å². The molecular weight excluding hydrogens is 360 g/mol. The molecule has 0 bridgehead atoms. The molecule has 0 unspecified atom stereocenters. The van der Waals surface area contributed by atoms with Crippen molar-refractivity contribution in [1.29, 1.82) is 0 Å². The average molecular weight is 387 g/mol. The van der Waals surface area contributed by atoms with Crippen molar-refractivity contribution in [3.63, 3.8) is 0 Å². The number of hydrogen-bond acceptors (Lipinski definition) is 2. The molecule has 3 heteroatoms. The van der Waals surface area contributed by atoms with Crippen LogP contribution in [0.25, 0.3) is 27.5 Å². The van der Waals surface area contributed by atoms with E-state index in [0.29, 0.717) is 5.92 Å². The fraction of sp³-hybridized carbons (Fsp3) is 0.240. The van der Waals surface area contributed by atoms with Crippen molar-refractivity contribution in [2.24, 2.45) is 0 Å². The molecule has 4 aromatic rings. The summed E-state index contributed by atoms with van der Waals surface area (Å²) >= 11 is 1.87. The molecule has 0 amide bonds. The minimum absolute atomic E-state index is 0.407. The van der Waals surface area contributed by atoms with E-state index in [-0.39, 0.29) is 0 Å². The number of aromatic nitrogens is 2. The van der Waals surface area contributed by atoms with Crippen LogP contribution < -0.4 is 0 Å². The Labute approximate surface area is 171 Å². The van der Waals surface area contributed by atoms with E-state index in [9.17, 15) is 0 Å². The van der Waals surface area contributed by atoms with E-state index in [1.54, 1.807) is 0 Å². The zero-order chi connectivity index (χ0) is 19.7. The van der Waals surface area contributed by atoms with Gasteiger partial charge in [0.2, 0.25) is 0 Å². The van der Waals surface area contributed by atoms with Gasteiger partial charge in [-0.15, -0.1) is 11.3 Å². The number of rotatable bonds is 5. The largest absolute Gasteiger partial charge is 0.299 e. The van der Waals surface area contributed by atoms with Crippen LogP contribution in [0.4, 0.5) is 0 Å². The molecule has 142 valence electrons. The van der Waals surface area contributed by atoms with E-state index in [1.807, 2.05) is 23.6 Å². The van der Waals surface area contributed by atoms with Crippen LogP contribution in [0.15, 0.2) is 67.0 Å². The van der Waals surface area contributed by atoms with Gasteiger partial charge in [0.05, 0.1) is 5.69 Å². The minimum atomic E-state index is 0.407. The lowest BCUT2D eigenvalue weighted by Crippen LogP contribution is -2.08. The van der Waals surface area contributed by atoms with Gasteiger partial charge in [-0.25, -0.2) is 4.98 Å². The summed E-state index contributed by atoms with van der Waals surface area (Å²) in [6.07, 6.45) is 5.01. The second-order valence-corrected chi connectivity index (χ2v) is 8.73. The Morgan fingerprint density at radius 2 is 1.79 bits per heavy atom. The first-order valence-electron chi connectivity index (χ1n) is 9.91. The van der Waals surface area contributed by atoms with E-state index in [1.165, 1.54) is 32.1 Å². The number of benzene rings is 2. The lowest BCUT2D eigenvalue weighted by atomic mass is 9.90. The van der Waals surface area contributed by atoms with Crippen molar-refractivity contribution in [1.82, 2.24) is 9.55 Å². The normalized spacial score (nSPS) is 11.3. The summed E-state index contributed by atoms with van der Waals surface area (Å²) in [5.41, 5.74) is 6.53. The highest BCUT2D eigenvalue weighted by Crippen LogP contribution is 2.40. The van der Waals surface area contributed by atoms with Crippen molar-refractivity contribution in [2.45, 2.75) is 40.0 Å². The number of aryl methyl sites for hydroxylation is 2. The van der Waals surface area contributed by atoms with E-state index in [0.717, 1.165) is 17.8 Å². The minimum Gasteiger partial charge on any atom is -0.299 e. The topological polar surface area (TPSA) is 17.8 Å². The number of nitrogens with zero attached hydrogens (tertiary/aromatic N) is 2. The highest BCUT2D eigenvalue weighted by atomic mass is 32.1. The van der Waals surface area contributed by atoms with Gasteiger partial charge in [0.1, 0.15) is 5.82 Å². The molecule has 0 aliphatic heterocycles. The lowest BCUT2D eigenvalue weighted by molar-refractivity contribution is 0.842. The maximum absolute atomic E-state index is 4.71. The molecule has 28 heavy (non-hydrogen) atoms. The highest BCUT2D eigenvalue weighted by molar-refractivity contribution is 7.15. The molecule has 2 heterocycles. The zero-order valence-corrected chi connectivity index (χ0v) is 17.8. The Morgan fingerprint density at radius 3 is 2.43 bits per heavy atom. The molecule has 0 N–H and O–H groups in total. The maximum Gasteiger partial charge on any atom is 0.144 e. The first-order valence-corrected chi connectivity index (χ1v) is 10.7. The first-order chi connectivity index (χ1) is 13.6. The monoisotopic (exact) mass is 386 g/mol. The Bertz CT molecular complexity index is 1090. The molecule has 0 aliphatic rings. The first kappa shape index (κ1) is 18.7. The fourth-order valence-electron chi connectivity index (χ4n) is 3.89. The van der Waals surface area contributed by atoms with Crippen LogP contribution in [0, 0.1) is 6.92 Å². The molecule has 0 fully saturated rings. The number of thiophene rings is 1. The summed E-state index contributed by atoms with van der Waals surface area (Å²) in [5.74, 6) is 1.40. The van der Waals surface area contributed by atoms with Crippen LogP contribution in [0.3, 0.4) is 0 Å². The Kier molecular flexibility index (Phi) is 5.19. The quantitative estimate of drug-likeness (QED) is 0.353. The Hall–Kier alpha value is -2.65. The molecule has 0 saturated carbocycles. The van der Waals surface area contributed by atoms with Crippen molar-refractivity contribution in [3.05, 3.63) is 83.0 Å². The third kappa shape index (κ3) is 3.31. The molecule has 0 radical (unpaired) electrons. The number of hydrogen-bond donors (Lipinski definition) is 0. The van der Waals surface area contributed by atoms with Crippen LogP contribution in [0.5, 0.6) is 0 Å². The average Bonchev–Trinajstić information content (AvgIpc) is 3.36. The standard InChI is InChI=1S/C25H26N2S/c1-5-19-12-13-21(22-14-11-18(4)28-22)23(17(2)3)24(19)27-16-15-26-25(27)20-9-7-6-8-10-20/h6-17H,5H2,1-4H3. The predicted molar refractivity (Wildman–Crippen MR) is 121 cm³/mol. The summed E-state index contributed by atoms with van der Waals surface area (Å²) in [7, 11) is 0. The van der Waals surface area contributed by atoms with Gasteiger partial charge in [0.25, 0.3) is 0 Å². The van der Waals surface area contributed by atoms with Gasteiger partial charge in [0.15, 0.2) is 0 Å². The Balaban J connectivity index is 2.01. The van der Waals surface area contributed by atoms with Crippen molar-refractivity contribution >= 4 is 11.3 Å². The van der Waals surface area contributed by atoms with E-state index in [2.05, 4.69) is 87.0 Å². The molecule has 0 spiro atoms. The molecular formula is C25H26N2S. The highest BCUT2D eigenvalue weighted by Gasteiger charge is 2.21. The van der Waals surface area contributed by atoms with Gasteiger partial charge in [0, 0.05) is 27.7 Å². The van der Waals surface area contributed by atoms with Gasteiger partial charge in [-0.2, -0.15) is 0 Å². The SMILES string of the molecule is CCc1ccc(-c2ccc(C)s2)c(C(C)C)c1-n1ccnc1-c1ccccc1. The summed E-state index contributed by atoms with van der Waals surface area (Å²) < 4.78 is 2.29. The Morgan fingerprint density at radius 1 is 1.00 bits per heavy atom. The van der Waals surface area contributed by atoms with Gasteiger partial charge >= 0.3 is 0 Å². The number of imidazole rings is 1. The lowest BCUT2D eigenvalue weighted by Gasteiger charge is -2.22. The molecule has 2 nitrogen and oxygen atoms in total. The van der Waals surface area contributed by atoms with Crippen molar-refractivity contribution < 1.29 is 0 Å². The van der Waals surface area contributed by atoms with Crippen LogP contribution >= 0.6 is 11.3 Å². The second-order valence-electron chi connectivity index (χ2n) is 7.44. The third-order valence-corrected chi connectivity index (χ3v) is 6.21. The third-order valence-electron chi connectivity index (χ3n) is 5.18. The summed E-state index contributed by atoms with van der Waals surface area (Å²) in [5, 5.41) is 0. The van der Waals surface area contributed by atoms with Crippen molar-refractivity contribution in [2.75, 3.05) is 0 Å². The van der Waals surface area contributed by atoms with Gasteiger partial charge in [-0.05, 0) is 48.1 Å². The van der Waals surface area contributed by atoms with Crippen LogP contribution in [0.2, 0.25) is 0 Å². The molecule has 0 atom stereocenters. The van der Waals surface area contributed by atoms with Gasteiger partial charge in [-0.1, -0.05) is 63.2 Å². The summed E-state index contributed by atoms with van der Waals surface area (Å²) in [6, 6.07) is 19.5. The van der Waals surface area contributed by atoms with E-state index >= 15 is 0 Å². The molecule has 4 rings (SSSR count). The molecule has 2 aromatic heterocycles. The fourth-order valence-corrected chi connectivity index (χ4v) is 4.79. The van der Waals surface area contributed by atoms with E-state index < -0.39 is 0 Å². The van der Waals surface area contributed by atoms with Crippen LogP contribution in [0.1, 0.15) is 42.7 Å². The van der Waals surface area contributed by atoms with E-state index in [4.69, 9.17) is 4.98 Å². The zero-order valence-electron chi connectivity index (χ0n) is 16.9. The van der Waals surface area contributed by atoms with Gasteiger partial charge < -0.3 is 0 Å². The summed E-state index contributed by atoms with van der Waals surface area (Å²) in [4.78, 5) is 7.40. The molecule has 0 aliphatic carbocycles. The van der Waals surface area contributed by atoms with Crippen LogP contribution in [-0.2, 0) is 6.42 Å². The second kappa shape index (κ2) is 7.76.